The molecule has 1 fully saturated rings. The summed E-state index contributed by atoms with van der Waals surface area (Å²) in [5.74, 6) is -1.36. The van der Waals surface area contributed by atoms with Crippen molar-refractivity contribution >= 4 is 5.91 Å². The molecule has 116 valence electrons. The Labute approximate surface area is 124 Å². The van der Waals surface area contributed by atoms with Crippen molar-refractivity contribution in [2.24, 2.45) is 17.6 Å². The molecule has 0 aromatic heterocycles. The molecule has 1 aromatic rings. The monoisotopic (exact) mass is 296 g/mol. The molecule has 0 saturated heterocycles. The van der Waals surface area contributed by atoms with Gasteiger partial charge in [0.2, 0.25) is 5.91 Å². The molecule has 0 heterocycles. The number of halogens is 2. The van der Waals surface area contributed by atoms with Gasteiger partial charge in [0.15, 0.2) is 0 Å². The lowest BCUT2D eigenvalue weighted by molar-refractivity contribution is -0.137. The van der Waals surface area contributed by atoms with Crippen molar-refractivity contribution in [3.8, 4) is 0 Å². The molecule has 1 unspecified atom stereocenters. The van der Waals surface area contributed by atoms with Gasteiger partial charge in [-0.15, -0.1) is 0 Å². The lowest BCUT2D eigenvalue weighted by Crippen LogP contribution is -2.42. The van der Waals surface area contributed by atoms with Gasteiger partial charge in [-0.3, -0.25) is 4.79 Å². The summed E-state index contributed by atoms with van der Waals surface area (Å²) in [6, 6.07) is 3.64. The van der Waals surface area contributed by atoms with Gasteiger partial charge >= 0.3 is 0 Å². The molecule has 1 amide bonds. The van der Waals surface area contributed by atoms with Crippen LogP contribution in [0.3, 0.4) is 0 Å². The van der Waals surface area contributed by atoms with Gasteiger partial charge in [0.25, 0.3) is 0 Å². The standard InChI is InChI=1S/C16H22F2N2O/c1-10(2)14(8-19)16(21)20(13-5-6-13)9-11-3-4-12(17)7-15(11)18/h3-4,7,10,13-14H,5-6,8-9,19H2,1-2H3. The van der Waals surface area contributed by atoms with Crippen molar-refractivity contribution in [2.45, 2.75) is 39.3 Å². The number of nitrogens with two attached hydrogens (primary N) is 1. The molecular weight excluding hydrogens is 274 g/mol. The van der Waals surface area contributed by atoms with Gasteiger partial charge in [0, 0.05) is 30.8 Å². The predicted octanol–water partition coefficient (Wildman–Crippen LogP) is 2.69. The molecule has 1 aliphatic rings. The van der Waals surface area contributed by atoms with Crippen molar-refractivity contribution in [3.63, 3.8) is 0 Å². The van der Waals surface area contributed by atoms with Gasteiger partial charge in [-0.2, -0.15) is 0 Å². The second kappa shape index (κ2) is 6.52. The van der Waals surface area contributed by atoms with Crippen molar-refractivity contribution in [3.05, 3.63) is 35.4 Å². The van der Waals surface area contributed by atoms with Crippen LogP contribution in [0.25, 0.3) is 0 Å². The first-order chi connectivity index (χ1) is 9.93. The Bertz CT molecular complexity index is 515. The Balaban J connectivity index is 2.17. The Morgan fingerprint density at radius 3 is 2.52 bits per heavy atom. The molecule has 0 radical (unpaired) electrons. The van der Waals surface area contributed by atoms with E-state index in [0.29, 0.717) is 5.56 Å². The second-order valence-corrected chi connectivity index (χ2v) is 6.02. The number of carbonyl (C=O) groups is 1. The van der Waals surface area contributed by atoms with Crippen molar-refractivity contribution in [1.29, 1.82) is 0 Å². The van der Waals surface area contributed by atoms with Crippen LogP contribution >= 0.6 is 0 Å². The van der Waals surface area contributed by atoms with E-state index in [2.05, 4.69) is 0 Å². The second-order valence-electron chi connectivity index (χ2n) is 6.02. The number of rotatable bonds is 6. The summed E-state index contributed by atoms with van der Waals surface area (Å²) < 4.78 is 26.8. The maximum atomic E-state index is 13.8. The van der Waals surface area contributed by atoms with E-state index >= 15 is 0 Å². The van der Waals surface area contributed by atoms with Crippen molar-refractivity contribution < 1.29 is 13.6 Å². The topological polar surface area (TPSA) is 46.3 Å². The van der Waals surface area contributed by atoms with E-state index in [1.807, 2.05) is 13.8 Å². The molecule has 1 aliphatic carbocycles. The number of hydrogen-bond donors (Lipinski definition) is 1. The SMILES string of the molecule is CC(C)C(CN)C(=O)N(Cc1ccc(F)cc1F)C1CC1. The maximum absolute atomic E-state index is 13.8. The fourth-order valence-electron chi connectivity index (χ4n) is 2.48. The molecule has 0 bridgehead atoms. The van der Waals surface area contributed by atoms with Crippen LogP contribution < -0.4 is 5.73 Å². The molecule has 0 spiro atoms. The minimum atomic E-state index is -0.609. The highest BCUT2D eigenvalue weighted by atomic mass is 19.1. The third-order valence-corrected chi connectivity index (χ3v) is 4.00. The number of benzene rings is 1. The number of carbonyl (C=O) groups excluding carboxylic acids is 1. The van der Waals surface area contributed by atoms with E-state index in [1.54, 1.807) is 4.90 Å². The van der Waals surface area contributed by atoms with Gasteiger partial charge < -0.3 is 10.6 Å². The van der Waals surface area contributed by atoms with Crippen LogP contribution in [0.5, 0.6) is 0 Å². The molecular formula is C16H22F2N2O. The lowest BCUT2D eigenvalue weighted by Gasteiger charge is -2.29. The molecule has 1 aromatic carbocycles. The van der Waals surface area contributed by atoms with Crippen LogP contribution in [0.15, 0.2) is 18.2 Å². The highest BCUT2D eigenvalue weighted by Gasteiger charge is 2.36. The van der Waals surface area contributed by atoms with Crippen LogP contribution in [0, 0.1) is 23.5 Å². The lowest BCUT2D eigenvalue weighted by atomic mass is 9.94. The molecule has 2 rings (SSSR count). The first-order valence-corrected chi connectivity index (χ1v) is 7.38. The molecule has 5 heteroatoms. The van der Waals surface area contributed by atoms with Crippen LogP contribution in [0.2, 0.25) is 0 Å². The highest BCUT2D eigenvalue weighted by molar-refractivity contribution is 5.80. The maximum Gasteiger partial charge on any atom is 0.227 e. The first-order valence-electron chi connectivity index (χ1n) is 7.38. The molecule has 2 N–H and O–H groups in total. The third-order valence-electron chi connectivity index (χ3n) is 4.00. The summed E-state index contributed by atoms with van der Waals surface area (Å²) in [6.07, 6.45) is 1.87. The fourth-order valence-corrected chi connectivity index (χ4v) is 2.48. The zero-order chi connectivity index (χ0) is 15.6. The summed E-state index contributed by atoms with van der Waals surface area (Å²) >= 11 is 0. The number of hydrogen-bond acceptors (Lipinski definition) is 2. The Hall–Kier alpha value is -1.49. The average molecular weight is 296 g/mol. The number of amides is 1. The van der Waals surface area contributed by atoms with Gasteiger partial charge in [-0.25, -0.2) is 8.78 Å². The molecule has 21 heavy (non-hydrogen) atoms. The van der Waals surface area contributed by atoms with E-state index in [0.717, 1.165) is 18.9 Å². The summed E-state index contributed by atoms with van der Waals surface area (Å²) in [6.45, 7) is 4.38. The van der Waals surface area contributed by atoms with Crippen LogP contribution in [-0.4, -0.2) is 23.4 Å². The van der Waals surface area contributed by atoms with E-state index in [1.165, 1.54) is 12.1 Å². The smallest absolute Gasteiger partial charge is 0.227 e. The minimum absolute atomic E-state index is 0.0290. The van der Waals surface area contributed by atoms with Crippen LogP contribution in [0.4, 0.5) is 8.78 Å². The highest BCUT2D eigenvalue weighted by Crippen LogP contribution is 2.31. The Morgan fingerprint density at radius 1 is 1.38 bits per heavy atom. The molecule has 1 saturated carbocycles. The molecule has 0 aliphatic heterocycles. The van der Waals surface area contributed by atoms with E-state index in [4.69, 9.17) is 5.73 Å². The molecule has 1 atom stereocenters. The van der Waals surface area contributed by atoms with Gasteiger partial charge in [-0.1, -0.05) is 19.9 Å². The predicted molar refractivity (Wildman–Crippen MR) is 77.3 cm³/mol. The summed E-state index contributed by atoms with van der Waals surface area (Å²) in [5, 5.41) is 0. The fraction of sp³-hybridized carbons (Fsp3) is 0.562. The summed E-state index contributed by atoms with van der Waals surface area (Å²) in [5.41, 5.74) is 6.05. The molecule has 3 nitrogen and oxygen atoms in total. The number of nitrogens with zero attached hydrogens (tertiary/aromatic N) is 1. The van der Waals surface area contributed by atoms with Crippen molar-refractivity contribution in [1.82, 2.24) is 4.90 Å². The Morgan fingerprint density at radius 2 is 2.05 bits per heavy atom. The third kappa shape index (κ3) is 3.79. The van der Waals surface area contributed by atoms with Gasteiger partial charge in [0.1, 0.15) is 11.6 Å². The van der Waals surface area contributed by atoms with Crippen molar-refractivity contribution in [2.75, 3.05) is 6.54 Å². The Kier molecular flexibility index (Phi) is 4.93. The zero-order valence-electron chi connectivity index (χ0n) is 12.5. The van der Waals surface area contributed by atoms with Crippen LogP contribution in [-0.2, 0) is 11.3 Å². The van der Waals surface area contributed by atoms with Gasteiger partial charge in [-0.05, 0) is 24.8 Å². The summed E-state index contributed by atoms with van der Waals surface area (Å²) in [7, 11) is 0. The first kappa shape index (κ1) is 15.9. The average Bonchev–Trinajstić information content (AvgIpc) is 3.22. The van der Waals surface area contributed by atoms with Crippen LogP contribution in [0.1, 0.15) is 32.3 Å². The van der Waals surface area contributed by atoms with E-state index < -0.39 is 11.6 Å². The normalized spacial score (nSPS) is 16.1. The van der Waals surface area contributed by atoms with E-state index in [9.17, 15) is 13.6 Å². The summed E-state index contributed by atoms with van der Waals surface area (Å²) in [4.78, 5) is 14.3. The van der Waals surface area contributed by atoms with Gasteiger partial charge in [0.05, 0.1) is 5.92 Å². The van der Waals surface area contributed by atoms with E-state index in [-0.39, 0.29) is 36.9 Å². The zero-order valence-corrected chi connectivity index (χ0v) is 12.5. The quantitative estimate of drug-likeness (QED) is 0.877. The minimum Gasteiger partial charge on any atom is -0.335 e. The largest absolute Gasteiger partial charge is 0.335 e.